The van der Waals surface area contributed by atoms with E-state index in [0.29, 0.717) is 36.8 Å². The van der Waals surface area contributed by atoms with Crippen LogP contribution in [0.5, 0.6) is 0 Å². The van der Waals surface area contributed by atoms with Gasteiger partial charge in [0, 0.05) is 60.0 Å². The Balaban J connectivity index is 1.71. The molecule has 5 aliphatic rings. The maximum atomic E-state index is 13.9. The summed E-state index contributed by atoms with van der Waals surface area (Å²) >= 11 is 0. The van der Waals surface area contributed by atoms with Gasteiger partial charge in [-0.2, -0.15) is 0 Å². The van der Waals surface area contributed by atoms with Crippen LogP contribution in [0.1, 0.15) is 86.5 Å². The molecule has 4 aliphatic carbocycles. The van der Waals surface area contributed by atoms with Crippen molar-refractivity contribution in [2.24, 2.45) is 33.5 Å². The predicted molar refractivity (Wildman–Crippen MR) is 119 cm³/mol. The van der Waals surface area contributed by atoms with Crippen LogP contribution in [0.4, 0.5) is 0 Å². The molecule has 0 bridgehead atoms. The fraction of sp³-hybridized carbons (Fsp3) is 0.741. The molecule has 5 rings (SSSR count). The van der Waals surface area contributed by atoms with E-state index in [1.165, 1.54) is 0 Å². The zero-order valence-electron chi connectivity index (χ0n) is 20.6. The SMILES string of the molecule is CC1(C)C(=O)CC[C@]2(C)C3=C(C(=O)C[C@@H]12)[C@]1(C)C(=O)C[C@H]([C@]2(C)CCC(=O)O2)[C@@]1(C)CC3=O. The summed E-state index contributed by atoms with van der Waals surface area (Å²) in [4.78, 5) is 66.3. The van der Waals surface area contributed by atoms with E-state index in [-0.39, 0.29) is 60.2 Å². The zero-order chi connectivity index (χ0) is 24.4. The third-order valence-electron chi connectivity index (χ3n) is 10.8. The molecule has 1 aliphatic heterocycles. The highest BCUT2D eigenvalue weighted by Crippen LogP contribution is 2.70. The number of rotatable bonds is 1. The van der Waals surface area contributed by atoms with Gasteiger partial charge in [-0.05, 0) is 38.0 Å². The number of cyclic esters (lactones) is 1. The van der Waals surface area contributed by atoms with E-state index in [9.17, 15) is 24.0 Å². The molecule has 0 aromatic heterocycles. The number of carbonyl (C=O) groups is 5. The molecular formula is C27H34O6. The molecule has 0 aromatic rings. The zero-order valence-corrected chi connectivity index (χ0v) is 20.6. The summed E-state index contributed by atoms with van der Waals surface area (Å²) in [6.07, 6.45) is 2.23. The van der Waals surface area contributed by atoms with Gasteiger partial charge in [0.25, 0.3) is 0 Å². The molecule has 0 spiro atoms. The van der Waals surface area contributed by atoms with Crippen molar-refractivity contribution in [2.45, 2.75) is 92.1 Å². The van der Waals surface area contributed by atoms with Crippen molar-refractivity contribution in [1.29, 1.82) is 0 Å². The van der Waals surface area contributed by atoms with E-state index in [4.69, 9.17) is 4.74 Å². The number of ether oxygens (including phenoxy) is 1. The summed E-state index contributed by atoms with van der Waals surface area (Å²) in [7, 11) is 0. The number of fused-ring (bicyclic) bond motifs is 4. The Morgan fingerprint density at radius 2 is 1.39 bits per heavy atom. The second-order valence-corrected chi connectivity index (χ2v) is 12.6. The molecule has 6 heteroatoms. The van der Waals surface area contributed by atoms with E-state index in [1.807, 2.05) is 41.5 Å². The standard InChI is InChI=1S/C27H34O6/c1-23(2)16-11-14(28)22-21(24(16,3)9-7-18(23)30)15(29)13-25(4)17(12-19(31)27(22,25)6)26(5)10-8-20(32)33-26/h16-17H,7-13H2,1-6H3/t16-,17-,24-,25+,26-,27-/m0/s1. The van der Waals surface area contributed by atoms with Crippen LogP contribution in [-0.2, 0) is 28.7 Å². The minimum atomic E-state index is -1.10. The minimum absolute atomic E-state index is 0.0410. The summed E-state index contributed by atoms with van der Waals surface area (Å²) in [5, 5.41) is 0. The first-order valence-corrected chi connectivity index (χ1v) is 12.2. The van der Waals surface area contributed by atoms with Crippen molar-refractivity contribution in [3.05, 3.63) is 11.1 Å². The summed E-state index contributed by atoms with van der Waals surface area (Å²) < 4.78 is 5.74. The predicted octanol–water partition coefficient (Wildman–Crippen LogP) is 3.94. The topological polar surface area (TPSA) is 94.6 Å². The van der Waals surface area contributed by atoms with E-state index in [1.54, 1.807) is 0 Å². The van der Waals surface area contributed by atoms with E-state index < -0.39 is 27.3 Å². The van der Waals surface area contributed by atoms with Crippen molar-refractivity contribution < 1.29 is 28.7 Å². The Hall–Kier alpha value is -2.11. The molecule has 1 saturated heterocycles. The van der Waals surface area contributed by atoms with E-state index >= 15 is 0 Å². The lowest BCUT2D eigenvalue weighted by molar-refractivity contribution is -0.159. The van der Waals surface area contributed by atoms with Gasteiger partial charge in [-0.15, -0.1) is 0 Å². The molecule has 2 saturated carbocycles. The second-order valence-electron chi connectivity index (χ2n) is 12.6. The maximum absolute atomic E-state index is 13.9. The number of hydrogen-bond donors (Lipinski definition) is 0. The third-order valence-corrected chi connectivity index (χ3v) is 10.8. The summed E-state index contributed by atoms with van der Waals surface area (Å²) in [6.45, 7) is 11.5. The Bertz CT molecular complexity index is 1080. The fourth-order valence-electron chi connectivity index (χ4n) is 8.62. The molecule has 0 N–H and O–H groups in total. The highest BCUT2D eigenvalue weighted by molar-refractivity contribution is 6.16. The van der Waals surface area contributed by atoms with Crippen LogP contribution in [0.15, 0.2) is 11.1 Å². The first-order chi connectivity index (χ1) is 15.1. The van der Waals surface area contributed by atoms with Crippen molar-refractivity contribution in [3.63, 3.8) is 0 Å². The van der Waals surface area contributed by atoms with Gasteiger partial charge >= 0.3 is 5.97 Å². The lowest BCUT2D eigenvalue weighted by atomic mass is 9.42. The van der Waals surface area contributed by atoms with Crippen LogP contribution in [0, 0.1) is 33.5 Å². The van der Waals surface area contributed by atoms with Crippen LogP contribution >= 0.6 is 0 Å². The van der Waals surface area contributed by atoms with Crippen LogP contribution in [0.2, 0.25) is 0 Å². The fourth-order valence-corrected chi connectivity index (χ4v) is 8.62. The van der Waals surface area contributed by atoms with Crippen molar-refractivity contribution in [3.8, 4) is 0 Å². The van der Waals surface area contributed by atoms with Gasteiger partial charge < -0.3 is 4.74 Å². The first-order valence-electron chi connectivity index (χ1n) is 12.2. The largest absolute Gasteiger partial charge is 0.459 e. The molecule has 0 aromatic carbocycles. The second kappa shape index (κ2) is 6.31. The third kappa shape index (κ3) is 2.48. The first kappa shape index (κ1) is 22.7. The molecular weight excluding hydrogens is 420 g/mol. The number of ketones is 4. The van der Waals surface area contributed by atoms with Crippen molar-refractivity contribution >= 4 is 29.1 Å². The number of Topliss-reactive ketones (excluding diaryl/α,β-unsaturated/α-hetero) is 4. The normalized spacial score (nSPS) is 46.8. The van der Waals surface area contributed by atoms with Gasteiger partial charge in [0.15, 0.2) is 11.6 Å². The smallest absolute Gasteiger partial charge is 0.306 e. The van der Waals surface area contributed by atoms with E-state index in [2.05, 4.69) is 0 Å². The quantitative estimate of drug-likeness (QED) is 0.557. The minimum Gasteiger partial charge on any atom is -0.459 e. The van der Waals surface area contributed by atoms with Crippen LogP contribution in [0.3, 0.4) is 0 Å². The lowest BCUT2D eigenvalue weighted by Gasteiger charge is -2.58. The van der Waals surface area contributed by atoms with Crippen LogP contribution < -0.4 is 0 Å². The Labute approximate surface area is 194 Å². The molecule has 178 valence electrons. The van der Waals surface area contributed by atoms with Gasteiger partial charge in [-0.25, -0.2) is 0 Å². The molecule has 0 amide bonds. The highest BCUT2D eigenvalue weighted by atomic mass is 16.6. The number of hydrogen-bond acceptors (Lipinski definition) is 6. The Kier molecular flexibility index (Phi) is 4.33. The van der Waals surface area contributed by atoms with Crippen molar-refractivity contribution in [2.75, 3.05) is 0 Å². The van der Waals surface area contributed by atoms with Gasteiger partial charge in [0.05, 0.1) is 5.41 Å². The number of allylic oxidation sites excluding steroid dienone is 2. The Morgan fingerprint density at radius 1 is 0.727 bits per heavy atom. The van der Waals surface area contributed by atoms with E-state index in [0.717, 1.165) is 0 Å². The summed E-state index contributed by atoms with van der Waals surface area (Å²) in [5.74, 6) is -1.01. The van der Waals surface area contributed by atoms with Crippen molar-refractivity contribution in [1.82, 2.24) is 0 Å². The molecule has 6 atom stereocenters. The number of esters is 1. The molecule has 0 unspecified atom stereocenters. The average molecular weight is 455 g/mol. The number of carbonyl (C=O) groups excluding carboxylic acids is 5. The summed E-state index contributed by atoms with van der Waals surface area (Å²) in [6, 6.07) is 0. The maximum Gasteiger partial charge on any atom is 0.306 e. The molecule has 6 nitrogen and oxygen atoms in total. The van der Waals surface area contributed by atoms with Gasteiger partial charge in [-0.3, -0.25) is 24.0 Å². The molecule has 0 radical (unpaired) electrons. The molecule has 3 fully saturated rings. The average Bonchev–Trinajstić information content (AvgIpc) is 3.16. The Morgan fingerprint density at radius 3 is 2.00 bits per heavy atom. The highest BCUT2D eigenvalue weighted by Gasteiger charge is 2.73. The van der Waals surface area contributed by atoms with Crippen LogP contribution in [0.25, 0.3) is 0 Å². The molecule has 33 heavy (non-hydrogen) atoms. The summed E-state index contributed by atoms with van der Waals surface area (Å²) in [5.41, 5.74) is -3.13. The molecule has 1 heterocycles. The lowest BCUT2D eigenvalue weighted by Crippen LogP contribution is -2.60. The monoisotopic (exact) mass is 454 g/mol. The van der Waals surface area contributed by atoms with Gasteiger partial charge in [0.1, 0.15) is 17.2 Å². The van der Waals surface area contributed by atoms with Gasteiger partial charge in [-0.1, -0.05) is 27.7 Å². The van der Waals surface area contributed by atoms with Crippen LogP contribution in [-0.4, -0.2) is 34.7 Å². The van der Waals surface area contributed by atoms with Gasteiger partial charge in [0.2, 0.25) is 0 Å².